The van der Waals surface area contributed by atoms with Crippen molar-refractivity contribution in [2.75, 3.05) is 0 Å². The molecule has 0 unspecified atom stereocenters. The molecule has 0 radical (unpaired) electrons. The third-order valence-corrected chi connectivity index (χ3v) is 2.55. The number of aromatic amines is 1. The lowest BCUT2D eigenvalue weighted by Crippen LogP contribution is -1.76. The summed E-state index contributed by atoms with van der Waals surface area (Å²) in [5.74, 6) is 0. The molecule has 66 valence electrons. The van der Waals surface area contributed by atoms with Crippen LogP contribution in [0.2, 0.25) is 0 Å². The Morgan fingerprint density at radius 1 is 1.46 bits per heavy atom. The number of nitrogens with one attached hydrogen (secondary N) is 1. The molecular weight excluding hydrogens is 232 g/mol. The quantitative estimate of drug-likeness (QED) is 0.448. The fourth-order valence-electron chi connectivity index (χ4n) is 1.31. The average molecular weight is 239 g/mol. The van der Waals surface area contributed by atoms with Gasteiger partial charge in [0, 0.05) is 21.6 Å². The maximum Gasteiger partial charge on any atom is 0.0755 e. The van der Waals surface area contributed by atoms with Crippen LogP contribution in [0.4, 0.5) is 0 Å². The number of hydrogen-bond acceptors (Lipinski definition) is 2. The summed E-state index contributed by atoms with van der Waals surface area (Å²) >= 11 is 3.42. The SMILES string of the molecule is O/N=C\c1c[nH]c2c(Br)cccc12. The number of H-pyrrole nitrogens is 1. The maximum atomic E-state index is 8.41. The van der Waals surface area contributed by atoms with Crippen molar-refractivity contribution in [3.63, 3.8) is 0 Å². The van der Waals surface area contributed by atoms with E-state index in [2.05, 4.69) is 26.1 Å². The van der Waals surface area contributed by atoms with E-state index in [4.69, 9.17) is 5.21 Å². The zero-order valence-electron chi connectivity index (χ0n) is 6.66. The third-order valence-electron chi connectivity index (χ3n) is 1.89. The molecule has 4 heteroatoms. The topological polar surface area (TPSA) is 48.4 Å². The molecule has 3 nitrogen and oxygen atoms in total. The van der Waals surface area contributed by atoms with Gasteiger partial charge < -0.3 is 10.2 Å². The highest BCUT2D eigenvalue weighted by atomic mass is 79.9. The van der Waals surface area contributed by atoms with Gasteiger partial charge in [0.25, 0.3) is 0 Å². The maximum absolute atomic E-state index is 8.41. The molecule has 2 rings (SSSR count). The number of benzene rings is 1. The molecule has 1 aromatic heterocycles. The fraction of sp³-hybridized carbons (Fsp3) is 0. The number of hydrogen-bond donors (Lipinski definition) is 2. The van der Waals surface area contributed by atoms with E-state index >= 15 is 0 Å². The van der Waals surface area contributed by atoms with Crippen molar-refractivity contribution in [3.05, 3.63) is 34.4 Å². The van der Waals surface area contributed by atoms with E-state index < -0.39 is 0 Å². The van der Waals surface area contributed by atoms with Gasteiger partial charge in [0.15, 0.2) is 0 Å². The van der Waals surface area contributed by atoms with E-state index in [0.29, 0.717) is 0 Å². The summed E-state index contributed by atoms with van der Waals surface area (Å²) < 4.78 is 1.00. The van der Waals surface area contributed by atoms with Gasteiger partial charge >= 0.3 is 0 Å². The van der Waals surface area contributed by atoms with Crippen molar-refractivity contribution in [1.82, 2.24) is 4.98 Å². The normalized spacial score (nSPS) is 11.5. The minimum Gasteiger partial charge on any atom is -0.411 e. The Bertz CT molecular complexity index is 462. The van der Waals surface area contributed by atoms with Crippen molar-refractivity contribution >= 4 is 33.0 Å². The fourth-order valence-corrected chi connectivity index (χ4v) is 1.79. The van der Waals surface area contributed by atoms with E-state index in [0.717, 1.165) is 20.9 Å². The summed E-state index contributed by atoms with van der Waals surface area (Å²) in [6.07, 6.45) is 3.21. The Morgan fingerprint density at radius 3 is 3.08 bits per heavy atom. The number of halogens is 1. The number of fused-ring (bicyclic) bond motifs is 1. The van der Waals surface area contributed by atoms with Gasteiger partial charge in [-0.2, -0.15) is 0 Å². The van der Waals surface area contributed by atoms with Crippen LogP contribution in [0.15, 0.2) is 34.0 Å². The Morgan fingerprint density at radius 2 is 2.31 bits per heavy atom. The Hall–Kier alpha value is -1.29. The first-order chi connectivity index (χ1) is 6.33. The molecule has 0 atom stereocenters. The summed E-state index contributed by atoms with van der Waals surface area (Å²) in [7, 11) is 0. The second kappa shape index (κ2) is 3.22. The number of nitrogens with zero attached hydrogens (tertiary/aromatic N) is 1. The second-order valence-corrected chi connectivity index (χ2v) is 3.51. The molecule has 0 fully saturated rings. The molecule has 0 aliphatic rings. The summed E-state index contributed by atoms with van der Waals surface area (Å²) in [5, 5.41) is 12.4. The van der Waals surface area contributed by atoms with Crippen LogP contribution in [0.25, 0.3) is 10.9 Å². The van der Waals surface area contributed by atoms with Gasteiger partial charge in [-0.1, -0.05) is 17.3 Å². The molecule has 1 heterocycles. The molecule has 0 amide bonds. The highest BCUT2D eigenvalue weighted by molar-refractivity contribution is 9.10. The van der Waals surface area contributed by atoms with Crippen LogP contribution in [-0.4, -0.2) is 16.4 Å². The molecule has 0 saturated heterocycles. The van der Waals surface area contributed by atoms with Crippen LogP contribution in [0.3, 0.4) is 0 Å². The van der Waals surface area contributed by atoms with Crippen molar-refractivity contribution < 1.29 is 5.21 Å². The first kappa shape index (κ1) is 8.31. The molecular formula is C9H7BrN2O. The van der Waals surface area contributed by atoms with Crippen LogP contribution in [-0.2, 0) is 0 Å². The smallest absolute Gasteiger partial charge is 0.0755 e. The van der Waals surface area contributed by atoms with E-state index in [9.17, 15) is 0 Å². The molecule has 13 heavy (non-hydrogen) atoms. The standard InChI is InChI=1S/C9H7BrN2O/c10-8-3-1-2-7-6(5-12-13)4-11-9(7)8/h1-5,11,13H/b12-5-. The van der Waals surface area contributed by atoms with E-state index in [-0.39, 0.29) is 0 Å². The molecule has 0 aliphatic heterocycles. The lowest BCUT2D eigenvalue weighted by Gasteiger charge is -1.92. The zero-order valence-corrected chi connectivity index (χ0v) is 8.25. The lowest BCUT2D eigenvalue weighted by molar-refractivity contribution is 0.322. The Kier molecular flexibility index (Phi) is 2.06. The summed E-state index contributed by atoms with van der Waals surface area (Å²) in [6, 6.07) is 5.86. The average Bonchev–Trinajstić information content (AvgIpc) is 2.51. The van der Waals surface area contributed by atoms with Crippen LogP contribution in [0.1, 0.15) is 5.56 Å². The highest BCUT2D eigenvalue weighted by Gasteiger charge is 2.03. The molecule has 2 N–H and O–H groups in total. The van der Waals surface area contributed by atoms with Gasteiger partial charge in [0.1, 0.15) is 0 Å². The monoisotopic (exact) mass is 238 g/mol. The van der Waals surface area contributed by atoms with Gasteiger partial charge in [-0.05, 0) is 22.0 Å². The van der Waals surface area contributed by atoms with Gasteiger partial charge in [-0.3, -0.25) is 0 Å². The van der Waals surface area contributed by atoms with Crippen molar-refractivity contribution in [1.29, 1.82) is 0 Å². The minimum absolute atomic E-state index is 0.874. The zero-order chi connectivity index (χ0) is 9.26. The number of aromatic nitrogens is 1. The largest absolute Gasteiger partial charge is 0.411 e. The van der Waals surface area contributed by atoms with Crippen LogP contribution in [0, 0.1) is 0 Å². The first-order valence-corrected chi connectivity index (χ1v) is 4.55. The van der Waals surface area contributed by atoms with Crippen molar-refractivity contribution in [3.8, 4) is 0 Å². The number of para-hydroxylation sites is 1. The van der Waals surface area contributed by atoms with Crippen molar-refractivity contribution in [2.45, 2.75) is 0 Å². The number of rotatable bonds is 1. The molecule has 1 aromatic carbocycles. The Balaban J connectivity index is 2.75. The Labute approximate surface area is 83.2 Å². The molecule has 0 spiro atoms. The number of oxime groups is 1. The summed E-state index contributed by atoms with van der Waals surface area (Å²) in [4.78, 5) is 3.09. The van der Waals surface area contributed by atoms with E-state index in [1.165, 1.54) is 6.21 Å². The van der Waals surface area contributed by atoms with E-state index in [1.807, 2.05) is 18.2 Å². The van der Waals surface area contributed by atoms with Crippen LogP contribution in [0.5, 0.6) is 0 Å². The van der Waals surface area contributed by atoms with Gasteiger partial charge in [0.05, 0.1) is 11.7 Å². The van der Waals surface area contributed by atoms with Gasteiger partial charge in [-0.15, -0.1) is 0 Å². The minimum atomic E-state index is 0.874. The molecule has 0 bridgehead atoms. The summed E-state index contributed by atoms with van der Waals surface area (Å²) in [6.45, 7) is 0. The second-order valence-electron chi connectivity index (χ2n) is 2.65. The predicted molar refractivity (Wildman–Crippen MR) is 55.4 cm³/mol. The predicted octanol–water partition coefficient (Wildman–Crippen LogP) is 2.74. The first-order valence-electron chi connectivity index (χ1n) is 3.76. The molecule has 2 aromatic rings. The van der Waals surface area contributed by atoms with Crippen molar-refractivity contribution in [2.24, 2.45) is 5.16 Å². The van der Waals surface area contributed by atoms with Gasteiger partial charge in [0.2, 0.25) is 0 Å². The molecule has 0 saturated carbocycles. The molecule has 0 aliphatic carbocycles. The summed E-state index contributed by atoms with van der Waals surface area (Å²) in [5.41, 5.74) is 1.89. The van der Waals surface area contributed by atoms with Crippen LogP contribution >= 0.6 is 15.9 Å². The van der Waals surface area contributed by atoms with Crippen LogP contribution < -0.4 is 0 Å². The third kappa shape index (κ3) is 1.33. The lowest BCUT2D eigenvalue weighted by atomic mass is 10.2. The van der Waals surface area contributed by atoms with E-state index in [1.54, 1.807) is 6.20 Å². The van der Waals surface area contributed by atoms with Gasteiger partial charge in [-0.25, -0.2) is 0 Å². The highest BCUT2D eigenvalue weighted by Crippen LogP contribution is 2.24.